The molecule has 0 amide bonds. The largest absolute Gasteiger partial charge is 0.372 e. The summed E-state index contributed by atoms with van der Waals surface area (Å²) in [5, 5.41) is 3.60. The maximum absolute atomic E-state index is 5.52. The zero-order valence-electron chi connectivity index (χ0n) is 11.5. The molecule has 0 saturated heterocycles. The van der Waals surface area contributed by atoms with Gasteiger partial charge in [0.25, 0.3) is 0 Å². The van der Waals surface area contributed by atoms with Crippen molar-refractivity contribution in [2.24, 2.45) is 0 Å². The standard InChI is InChI=1S/C17H18INO/c1-2-19-17(15-5-3-4-6-16(15)18)12-7-8-13-10-20-11-14(13)9-12/h3-9,17,19H,2,10-11H2,1H3. The van der Waals surface area contributed by atoms with Crippen molar-refractivity contribution in [1.82, 2.24) is 5.32 Å². The van der Waals surface area contributed by atoms with Gasteiger partial charge in [-0.25, -0.2) is 0 Å². The van der Waals surface area contributed by atoms with Crippen LogP contribution in [0.25, 0.3) is 0 Å². The molecular formula is C17H18INO. The van der Waals surface area contributed by atoms with Crippen molar-refractivity contribution >= 4 is 22.6 Å². The molecule has 1 N–H and O–H groups in total. The first kappa shape index (κ1) is 14.0. The van der Waals surface area contributed by atoms with Crippen LogP contribution in [-0.4, -0.2) is 6.54 Å². The van der Waals surface area contributed by atoms with Crippen molar-refractivity contribution in [2.75, 3.05) is 6.54 Å². The fourth-order valence-electron chi connectivity index (χ4n) is 2.69. The average molecular weight is 379 g/mol. The quantitative estimate of drug-likeness (QED) is 0.811. The lowest BCUT2D eigenvalue weighted by atomic mass is 9.95. The Morgan fingerprint density at radius 3 is 2.75 bits per heavy atom. The van der Waals surface area contributed by atoms with Gasteiger partial charge in [-0.1, -0.05) is 43.3 Å². The van der Waals surface area contributed by atoms with Gasteiger partial charge in [0, 0.05) is 3.57 Å². The van der Waals surface area contributed by atoms with Gasteiger partial charge < -0.3 is 10.1 Å². The summed E-state index contributed by atoms with van der Waals surface area (Å²) in [6, 6.07) is 15.5. The lowest BCUT2D eigenvalue weighted by Gasteiger charge is -2.21. The van der Waals surface area contributed by atoms with Crippen LogP contribution in [-0.2, 0) is 18.0 Å². The average Bonchev–Trinajstić information content (AvgIpc) is 2.93. The lowest BCUT2D eigenvalue weighted by molar-refractivity contribution is 0.134. The van der Waals surface area contributed by atoms with E-state index in [1.807, 2.05) is 0 Å². The molecule has 0 radical (unpaired) electrons. The van der Waals surface area contributed by atoms with E-state index in [0.29, 0.717) is 0 Å². The van der Waals surface area contributed by atoms with Crippen molar-refractivity contribution in [2.45, 2.75) is 26.2 Å². The molecule has 0 spiro atoms. The molecule has 20 heavy (non-hydrogen) atoms. The molecule has 3 rings (SSSR count). The van der Waals surface area contributed by atoms with Crippen molar-refractivity contribution in [1.29, 1.82) is 0 Å². The fourth-order valence-corrected chi connectivity index (χ4v) is 3.39. The molecule has 1 unspecified atom stereocenters. The SMILES string of the molecule is CCNC(c1ccc2c(c1)COC2)c1ccccc1I. The van der Waals surface area contributed by atoms with Gasteiger partial charge in [-0.2, -0.15) is 0 Å². The predicted molar refractivity (Wildman–Crippen MR) is 89.6 cm³/mol. The van der Waals surface area contributed by atoms with Crippen LogP contribution in [0.4, 0.5) is 0 Å². The van der Waals surface area contributed by atoms with Crippen molar-refractivity contribution in [3.05, 3.63) is 68.3 Å². The maximum atomic E-state index is 5.52. The number of hydrogen-bond acceptors (Lipinski definition) is 2. The van der Waals surface area contributed by atoms with Gasteiger partial charge in [-0.05, 0) is 57.5 Å². The summed E-state index contributed by atoms with van der Waals surface area (Å²) in [5.74, 6) is 0. The molecule has 1 heterocycles. The number of ether oxygens (including phenoxy) is 1. The highest BCUT2D eigenvalue weighted by molar-refractivity contribution is 14.1. The number of nitrogens with one attached hydrogen (secondary N) is 1. The molecular weight excluding hydrogens is 361 g/mol. The van der Waals surface area contributed by atoms with E-state index >= 15 is 0 Å². The second-order valence-corrected chi connectivity index (χ2v) is 6.20. The van der Waals surface area contributed by atoms with E-state index in [1.165, 1.54) is 25.8 Å². The van der Waals surface area contributed by atoms with Gasteiger partial charge in [-0.15, -0.1) is 0 Å². The van der Waals surface area contributed by atoms with Crippen LogP contribution < -0.4 is 5.32 Å². The minimum Gasteiger partial charge on any atom is -0.372 e. The lowest BCUT2D eigenvalue weighted by Crippen LogP contribution is -2.23. The highest BCUT2D eigenvalue weighted by atomic mass is 127. The van der Waals surface area contributed by atoms with Gasteiger partial charge in [0.1, 0.15) is 0 Å². The monoisotopic (exact) mass is 379 g/mol. The Hall–Kier alpha value is -0.910. The fraction of sp³-hybridized carbons (Fsp3) is 0.294. The summed E-state index contributed by atoms with van der Waals surface area (Å²) in [6.07, 6.45) is 0. The maximum Gasteiger partial charge on any atom is 0.0725 e. The van der Waals surface area contributed by atoms with Crippen LogP contribution in [0, 0.1) is 3.57 Å². The summed E-state index contributed by atoms with van der Waals surface area (Å²) in [4.78, 5) is 0. The minimum absolute atomic E-state index is 0.249. The molecule has 1 aliphatic rings. The predicted octanol–water partition coefficient (Wildman–Crippen LogP) is 4.02. The van der Waals surface area contributed by atoms with Crippen LogP contribution in [0.5, 0.6) is 0 Å². The summed E-state index contributed by atoms with van der Waals surface area (Å²) in [7, 11) is 0. The zero-order chi connectivity index (χ0) is 13.9. The van der Waals surface area contributed by atoms with Gasteiger partial charge in [0.2, 0.25) is 0 Å². The normalized spacial score (nSPS) is 15.1. The minimum atomic E-state index is 0.249. The second-order valence-electron chi connectivity index (χ2n) is 5.03. The van der Waals surface area contributed by atoms with E-state index in [1.54, 1.807) is 0 Å². The third-order valence-electron chi connectivity index (χ3n) is 3.70. The molecule has 2 aromatic rings. The van der Waals surface area contributed by atoms with Crippen molar-refractivity contribution < 1.29 is 4.74 Å². The number of hydrogen-bond donors (Lipinski definition) is 1. The van der Waals surface area contributed by atoms with E-state index in [9.17, 15) is 0 Å². The Labute approximate surface area is 133 Å². The van der Waals surface area contributed by atoms with Crippen molar-refractivity contribution in [3.63, 3.8) is 0 Å². The Balaban J connectivity index is 2.01. The smallest absolute Gasteiger partial charge is 0.0725 e. The number of benzene rings is 2. The molecule has 0 saturated carbocycles. The molecule has 3 heteroatoms. The Bertz CT molecular complexity index is 612. The Morgan fingerprint density at radius 2 is 1.95 bits per heavy atom. The highest BCUT2D eigenvalue weighted by Gasteiger charge is 2.18. The topological polar surface area (TPSA) is 21.3 Å². The molecule has 0 fully saturated rings. The van der Waals surface area contributed by atoms with Crippen LogP contribution in [0.2, 0.25) is 0 Å². The summed E-state index contributed by atoms with van der Waals surface area (Å²) >= 11 is 2.41. The summed E-state index contributed by atoms with van der Waals surface area (Å²) in [5.41, 5.74) is 5.32. The second kappa shape index (κ2) is 6.24. The third-order valence-corrected chi connectivity index (χ3v) is 4.69. The van der Waals surface area contributed by atoms with Crippen LogP contribution in [0.3, 0.4) is 0 Å². The molecule has 2 aromatic carbocycles. The number of rotatable bonds is 4. The molecule has 2 nitrogen and oxygen atoms in total. The number of fused-ring (bicyclic) bond motifs is 1. The van der Waals surface area contributed by atoms with E-state index < -0.39 is 0 Å². The first-order valence-electron chi connectivity index (χ1n) is 6.97. The van der Waals surface area contributed by atoms with E-state index in [-0.39, 0.29) is 6.04 Å². The van der Waals surface area contributed by atoms with Crippen molar-refractivity contribution in [3.8, 4) is 0 Å². The van der Waals surface area contributed by atoms with Crippen LogP contribution in [0.1, 0.15) is 35.2 Å². The van der Waals surface area contributed by atoms with Crippen LogP contribution >= 0.6 is 22.6 Å². The van der Waals surface area contributed by atoms with Gasteiger partial charge in [0.05, 0.1) is 19.3 Å². The Kier molecular flexibility index (Phi) is 4.38. The number of halogens is 1. The molecule has 1 atom stereocenters. The van der Waals surface area contributed by atoms with E-state index in [0.717, 1.165) is 19.8 Å². The molecule has 104 valence electrons. The van der Waals surface area contributed by atoms with Crippen LogP contribution in [0.15, 0.2) is 42.5 Å². The first-order chi connectivity index (χ1) is 9.79. The molecule has 1 aliphatic heterocycles. The molecule has 0 bridgehead atoms. The van der Waals surface area contributed by atoms with E-state index in [4.69, 9.17) is 4.74 Å². The highest BCUT2D eigenvalue weighted by Crippen LogP contribution is 2.29. The third kappa shape index (κ3) is 2.75. The summed E-state index contributed by atoms with van der Waals surface area (Å²) < 4.78 is 6.82. The van der Waals surface area contributed by atoms with Gasteiger partial charge in [-0.3, -0.25) is 0 Å². The van der Waals surface area contributed by atoms with E-state index in [2.05, 4.69) is 77.3 Å². The molecule has 0 aliphatic carbocycles. The molecule has 0 aromatic heterocycles. The van der Waals surface area contributed by atoms with Gasteiger partial charge >= 0.3 is 0 Å². The first-order valence-corrected chi connectivity index (χ1v) is 8.04. The van der Waals surface area contributed by atoms with Gasteiger partial charge in [0.15, 0.2) is 0 Å². The zero-order valence-corrected chi connectivity index (χ0v) is 13.7. The Morgan fingerprint density at radius 1 is 1.15 bits per heavy atom. The summed E-state index contributed by atoms with van der Waals surface area (Å²) in [6.45, 7) is 4.60.